The first-order valence-electron chi connectivity index (χ1n) is 11.0. The van der Waals surface area contributed by atoms with Gasteiger partial charge in [0.2, 0.25) is 5.91 Å². The predicted octanol–water partition coefficient (Wildman–Crippen LogP) is 7.22. The maximum Gasteiger partial charge on any atom is 0.251 e. The van der Waals surface area contributed by atoms with Crippen LogP contribution < -0.4 is 11.1 Å². The highest BCUT2D eigenvalue weighted by Crippen LogP contribution is 2.44. The summed E-state index contributed by atoms with van der Waals surface area (Å²) in [4.78, 5) is 26.0. The molecule has 3 N–H and O–H groups in total. The molecule has 34 heavy (non-hydrogen) atoms. The van der Waals surface area contributed by atoms with E-state index < -0.39 is 5.91 Å². The van der Waals surface area contributed by atoms with Crippen LogP contribution in [0.3, 0.4) is 0 Å². The van der Waals surface area contributed by atoms with E-state index >= 15 is 0 Å². The average molecular weight is 517 g/mol. The molecule has 3 aromatic rings. The fourth-order valence-corrected chi connectivity index (χ4v) is 6.10. The molecule has 4 rings (SSSR count). The number of carbonyl (C=O) groups is 2. The molecule has 2 amide bonds. The standard InChI is InChI=1S/C26H26Cl2N2O3S/c1-26(2,3)14-4-8-18-21(12-14)34-25(23(18)24(29)32)30-22(31)11-7-16-6-10-20(33-16)17-9-5-15(27)13-19(17)28/h5-7,9-11,13-14H,4,8,12H2,1-3H3,(H2,29,32)(H,30,31)/b11-7+/t14-/m1/s1. The topological polar surface area (TPSA) is 85.3 Å². The number of anilines is 1. The summed E-state index contributed by atoms with van der Waals surface area (Å²) in [5, 5.41) is 4.37. The lowest BCUT2D eigenvalue weighted by molar-refractivity contribution is -0.111. The number of furan rings is 1. The first kappa shape index (κ1) is 24.6. The summed E-state index contributed by atoms with van der Waals surface area (Å²) in [5.74, 6) is 0.699. The molecule has 8 heteroatoms. The normalized spacial score (nSPS) is 16.0. The summed E-state index contributed by atoms with van der Waals surface area (Å²) in [6.45, 7) is 6.71. The Morgan fingerprint density at radius 1 is 1.21 bits per heavy atom. The van der Waals surface area contributed by atoms with Crippen molar-refractivity contribution in [2.24, 2.45) is 17.1 Å². The van der Waals surface area contributed by atoms with Crippen molar-refractivity contribution >= 4 is 57.4 Å². The first-order valence-corrected chi connectivity index (χ1v) is 12.6. The average Bonchev–Trinajstić information content (AvgIpc) is 3.35. The van der Waals surface area contributed by atoms with Crippen LogP contribution in [0.5, 0.6) is 0 Å². The number of nitrogens with two attached hydrogens (primary N) is 1. The van der Waals surface area contributed by atoms with Gasteiger partial charge in [-0.3, -0.25) is 9.59 Å². The van der Waals surface area contributed by atoms with E-state index in [0.29, 0.717) is 43.6 Å². The molecule has 178 valence electrons. The van der Waals surface area contributed by atoms with Crippen molar-refractivity contribution in [1.82, 2.24) is 0 Å². The summed E-state index contributed by atoms with van der Waals surface area (Å²) in [6.07, 6.45) is 5.61. The zero-order valence-corrected chi connectivity index (χ0v) is 21.5. The molecule has 0 radical (unpaired) electrons. The minimum Gasteiger partial charge on any atom is -0.457 e. The molecule has 1 aromatic carbocycles. The van der Waals surface area contributed by atoms with E-state index in [0.717, 1.165) is 29.7 Å². The summed E-state index contributed by atoms with van der Waals surface area (Å²) in [5.41, 5.74) is 7.99. The molecular weight excluding hydrogens is 491 g/mol. The number of carbonyl (C=O) groups excluding carboxylic acids is 2. The fourth-order valence-electron chi connectivity index (χ4n) is 4.26. The Balaban J connectivity index is 1.50. The van der Waals surface area contributed by atoms with Crippen LogP contribution in [0.25, 0.3) is 17.4 Å². The van der Waals surface area contributed by atoms with E-state index in [9.17, 15) is 9.59 Å². The van der Waals surface area contributed by atoms with E-state index in [1.165, 1.54) is 17.4 Å². The van der Waals surface area contributed by atoms with E-state index in [2.05, 4.69) is 26.1 Å². The maximum atomic E-state index is 12.6. The van der Waals surface area contributed by atoms with Crippen molar-refractivity contribution in [3.05, 3.63) is 68.2 Å². The molecule has 0 spiro atoms. The molecular formula is C26H26Cl2N2O3S. The second kappa shape index (κ2) is 9.61. The van der Waals surface area contributed by atoms with Crippen LogP contribution in [0, 0.1) is 11.3 Å². The monoisotopic (exact) mass is 516 g/mol. The Morgan fingerprint density at radius 2 is 1.97 bits per heavy atom. The molecule has 2 aromatic heterocycles. The van der Waals surface area contributed by atoms with Gasteiger partial charge in [0.1, 0.15) is 16.5 Å². The highest BCUT2D eigenvalue weighted by atomic mass is 35.5. The highest BCUT2D eigenvalue weighted by molar-refractivity contribution is 7.17. The molecule has 0 unspecified atom stereocenters. The number of fused-ring (bicyclic) bond motifs is 1. The molecule has 0 fully saturated rings. The Labute approximate surface area is 212 Å². The Morgan fingerprint density at radius 3 is 2.65 bits per heavy atom. The molecule has 5 nitrogen and oxygen atoms in total. The predicted molar refractivity (Wildman–Crippen MR) is 140 cm³/mol. The molecule has 1 aliphatic rings. The van der Waals surface area contributed by atoms with Gasteiger partial charge in [0.15, 0.2) is 0 Å². The Hall–Kier alpha value is -2.54. The number of amides is 2. The lowest BCUT2D eigenvalue weighted by atomic mass is 9.72. The van der Waals surface area contributed by atoms with Crippen molar-refractivity contribution in [1.29, 1.82) is 0 Å². The summed E-state index contributed by atoms with van der Waals surface area (Å²) in [7, 11) is 0. The third-order valence-corrected chi connectivity index (χ3v) is 7.91. The number of primary amides is 1. The second-order valence-corrected chi connectivity index (χ2v) is 11.5. The SMILES string of the molecule is CC(C)(C)[C@@H]1CCc2c(sc(NC(=O)/C=C/c3ccc(-c4ccc(Cl)cc4Cl)o3)c2C(N)=O)C1. The lowest BCUT2D eigenvalue weighted by Gasteiger charge is -2.33. The number of rotatable bonds is 5. The second-order valence-electron chi connectivity index (χ2n) is 9.53. The van der Waals surface area contributed by atoms with Crippen LogP contribution in [-0.4, -0.2) is 11.8 Å². The van der Waals surface area contributed by atoms with Crippen LogP contribution in [0.2, 0.25) is 10.0 Å². The van der Waals surface area contributed by atoms with Crippen molar-refractivity contribution in [3.8, 4) is 11.3 Å². The van der Waals surface area contributed by atoms with Gasteiger partial charge in [-0.25, -0.2) is 0 Å². The van der Waals surface area contributed by atoms with Crippen molar-refractivity contribution < 1.29 is 14.0 Å². The smallest absolute Gasteiger partial charge is 0.251 e. The van der Waals surface area contributed by atoms with E-state index in [4.69, 9.17) is 33.4 Å². The van der Waals surface area contributed by atoms with Gasteiger partial charge < -0.3 is 15.5 Å². The zero-order chi connectivity index (χ0) is 24.6. The summed E-state index contributed by atoms with van der Waals surface area (Å²) < 4.78 is 5.80. The van der Waals surface area contributed by atoms with Crippen LogP contribution in [0.4, 0.5) is 5.00 Å². The zero-order valence-electron chi connectivity index (χ0n) is 19.2. The third kappa shape index (κ3) is 5.24. The summed E-state index contributed by atoms with van der Waals surface area (Å²) >= 11 is 13.6. The van der Waals surface area contributed by atoms with Gasteiger partial charge >= 0.3 is 0 Å². The molecule has 2 heterocycles. The van der Waals surface area contributed by atoms with Crippen molar-refractivity contribution in [2.45, 2.75) is 40.0 Å². The van der Waals surface area contributed by atoms with Gasteiger partial charge in [0.25, 0.3) is 5.91 Å². The van der Waals surface area contributed by atoms with E-state index in [1.807, 2.05) is 0 Å². The van der Waals surface area contributed by atoms with Crippen molar-refractivity contribution in [2.75, 3.05) is 5.32 Å². The first-order chi connectivity index (χ1) is 16.0. The number of thiophene rings is 1. The molecule has 0 saturated heterocycles. The number of nitrogens with one attached hydrogen (secondary N) is 1. The van der Waals surface area contributed by atoms with Gasteiger partial charge in [-0.1, -0.05) is 44.0 Å². The largest absolute Gasteiger partial charge is 0.457 e. The molecule has 0 aliphatic heterocycles. The van der Waals surface area contributed by atoms with Gasteiger partial charge in [0.05, 0.1) is 10.6 Å². The minimum atomic E-state index is -0.512. The lowest BCUT2D eigenvalue weighted by Crippen LogP contribution is -2.27. The minimum absolute atomic E-state index is 0.179. The van der Waals surface area contributed by atoms with Gasteiger partial charge in [0, 0.05) is 21.5 Å². The number of hydrogen-bond donors (Lipinski definition) is 2. The quantitative estimate of drug-likeness (QED) is 0.351. The number of benzene rings is 1. The van der Waals surface area contributed by atoms with Crippen LogP contribution in [0.15, 0.2) is 40.8 Å². The molecule has 1 aliphatic carbocycles. The van der Waals surface area contributed by atoms with Crippen LogP contribution >= 0.6 is 34.5 Å². The molecule has 1 atom stereocenters. The van der Waals surface area contributed by atoms with Gasteiger partial charge in [-0.15, -0.1) is 11.3 Å². The third-order valence-electron chi connectivity index (χ3n) is 6.20. The summed E-state index contributed by atoms with van der Waals surface area (Å²) in [6, 6.07) is 8.67. The van der Waals surface area contributed by atoms with E-state index in [1.54, 1.807) is 36.4 Å². The maximum absolute atomic E-state index is 12.6. The van der Waals surface area contributed by atoms with Crippen LogP contribution in [-0.2, 0) is 17.6 Å². The van der Waals surface area contributed by atoms with Crippen LogP contribution in [0.1, 0.15) is 53.8 Å². The fraction of sp³-hybridized carbons (Fsp3) is 0.308. The van der Waals surface area contributed by atoms with Gasteiger partial charge in [-0.2, -0.15) is 0 Å². The molecule has 0 bridgehead atoms. The van der Waals surface area contributed by atoms with Crippen molar-refractivity contribution in [3.63, 3.8) is 0 Å². The molecule has 0 saturated carbocycles. The highest BCUT2D eigenvalue weighted by Gasteiger charge is 2.33. The Kier molecular flexibility index (Phi) is 6.94. The number of halogens is 2. The Bertz CT molecular complexity index is 1280. The van der Waals surface area contributed by atoms with E-state index in [-0.39, 0.29) is 11.3 Å². The van der Waals surface area contributed by atoms with Gasteiger partial charge in [-0.05, 0) is 72.6 Å². The number of hydrogen-bond acceptors (Lipinski definition) is 4.